The quantitative estimate of drug-likeness (QED) is 0.805. The Bertz CT molecular complexity index is 533. The third-order valence-electron chi connectivity index (χ3n) is 2.30. The summed E-state index contributed by atoms with van der Waals surface area (Å²) in [5, 5.41) is 2.47. The lowest BCUT2D eigenvalue weighted by atomic mass is 10.3. The molecule has 106 valence electrons. The van der Waals surface area contributed by atoms with E-state index >= 15 is 0 Å². The SMILES string of the molecule is CN(CC(=O)Nc1ccc(F)cc1)S(=O)(=O)CCCl. The van der Waals surface area contributed by atoms with E-state index in [0.29, 0.717) is 5.69 Å². The molecule has 1 aromatic carbocycles. The van der Waals surface area contributed by atoms with Gasteiger partial charge in [0.2, 0.25) is 15.9 Å². The molecule has 0 bridgehead atoms. The van der Waals surface area contributed by atoms with E-state index in [1.54, 1.807) is 0 Å². The summed E-state index contributed by atoms with van der Waals surface area (Å²) in [4.78, 5) is 11.6. The number of hydrogen-bond donors (Lipinski definition) is 1. The van der Waals surface area contributed by atoms with Gasteiger partial charge in [0.05, 0.1) is 12.3 Å². The van der Waals surface area contributed by atoms with Crippen molar-refractivity contribution in [2.24, 2.45) is 0 Å². The highest BCUT2D eigenvalue weighted by molar-refractivity contribution is 7.89. The summed E-state index contributed by atoms with van der Waals surface area (Å²) in [5.74, 6) is -1.19. The summed E-state index contributed by atoms with van der Waals surface area (Å²) >= 11 is 5.37. The first-order chi connectivity index (χ1) is 8.85. The summed E-state index contributed by atoms with van der Waals surface area (Å²) in [7, 11) is -2.23. The minimum absolute atomic E-state index is 0.0355. The van der Waals surface area contributed by atoms with Gasteiger partial charge in [0.15, 0.2) is 0 Å². The van der Waals surface area contributed by atoms with Crippen molar-refractivity contribution in [3.05, 3.63) is 30.1 Å². The molecule has 0 unspecified atom stereocenters. The zero-order chi connectivity index (χ0) is 14.5. The van der Waals surface area contributed by atoms with Crippen LogP contribution in [0.1, 0.15) is 0 Å². The van der Waals surface area contributed by atoms with Crippen molar-refractivity contribution >= 4 is 33.2 Å². The standard InChI is InChI=1S/C11H14ClFN2O3S/c1-15(19(17,18)7-6-12)8-11(16)14-10-4-2-9(13)3-5-10/h2-5H,6-8H2,1H3,(H,14,16). The smallest absolute Gasteiger partial charge is 0.239 e. The molecular weight excluding hydrogens is 295 g/mol. The number of benzene rings is 1. The van der Waals surface area contributed by atoms with Crippen LogP contribution in [0.3, 0.4) is 0 Å². The molecule has 0 aliphatic rings. The molecule has 0 aliphatic carbocycles. The van der Waals surface area contributed by atoms with Crippen LogP contribution >= 0.6 is 11.6 Å². The highest BCUT2D eigenvalue weighted by Gasteiger charge is 2.19. The molecule has 0 spiro atoms. The fourth-order valence-electron chi connectivity index (χ4n) is 1.29. The number of alkyl halides is 1. The Morgan fingerprint density at radius 1 is 1.37 bits per heavy atom. The average molecular weight is 309 g/mol. The second kappa shape index (κ2) is 6.83. The lowest BCUT2D eigenvalue weighted by Gasteiger charge is -2.16. The van der Waals surface area contributed by atoms with Crippen molar-refractivity contribution in [1.29, 1.82) is 0 Å². The topological polar surface area (TPSA) is 66.5 Å². The van der Waals surface area contributed by atoms with Crippen LogP contribution < -0.4 is 5.32 Å². The van der Waals surface area contributed by atoms with Crippen molar-refractivity contribution in [3.8, 4) is 0 Å². The van der Waals surface area contributed by atoms with E-state index in [1.807, 2.05) is 0 Å². The number of hydrogen-bond acceptors (Lipinski definition) is 3. The largest absolute Gasteiger partial charge is 0.325 e. The van der Waals surface area contributed by atoms with Crippen LogP contribution in [-0.4, -0.2) is 43.9 Å². The second-order valence-corrected chi connectivity index (χ2v) is 6.39. The second-order valence-electron chi connectivity index (χ2n) is 3.82. The van der Waals surface area contributed by atoms with Crippen molar-refractivity contribution in [2.75, 3.05) is 30.5 Å². The van der Waals surface area contributed by atoms with Gasteiger partial charge in [-0.2, -0.15) is 4.31 Å². The molecule has 1 aromatic rings. The van der Waals surface area contributed by atoms with E-state index in [4.69, 9.17) is 11.6 Å². The van der Waals surface area contributed by atoms with Gasteiger partial charge in [0.25, 0.3) is 0 Å². The molecule has 0 saturated heterocycles. The van der Waals surface area contributed by atoms with Crippen molar-refractivity contribution in [1.82, 2.24) is 4.31 Å². The molecule has 19 heavy (non-hydrogen) atoms. The summed E-state index contributed by atoms with van der Waals surface area (Å²) in [6.45, 7) is -0.323. The normalized spacial score (nSPS) is 11.6. The number of halogens is 2. The van der Waals surface area contributed by atoms with E-state index in [2.05, 4.69) is 5.32 Å². The molecule has 0 atom stereocenters. The van der Waals surface area contributed by atoms with E-state index in [9.17, 15) is 17.6 Å². The van der Waals surface area contributed by atoms with Gasteiger partial charge in [-0.3, -0.25) is 4.79 Å². The maximum Gasteiger partial charge on any atom is 0.239 e. The zero-order valence-corrected chi connectivity index (χ0v) is 11.8. The number of nitrogens with one attached hydrogen (secondary N) is 1. The molecule has 1 N–H and O–H groups in total. The molecule has 0 aliphatic heterocycles. The lowest BCUT2D eigenvalue weighted by molar-refractivity contribution is -0.116. The summed E-state index contributed by atoms with van der Waals surface area (Å²) in [6, 6.07) is 5.17. The zero-order valence-electron chi connectivity index (χ0n) is 10.3. The van der Waals surface area contributed by atoms with Gasteiger partial charge in [-0.25, -0.2) is 12.8 Å². The van der Waals surface area contributed by atoms with Crippen LogP contribution in [0, 0.1) is 5.82 Å². The third kappa shape index (κ3) is 5.14. The van der Waals surface area contributed by atoms with Crippen LogP contribution in [-0.2, 0) is 14.8 Å². The van der Waals surface area contributed by atoms with Crippen molar-refractivity contribution < 1.29 is 17.6 Å². The summed E-state index contributed by atoms with van der Waals surface area (Å²) < 4.78 is 36.7. The van der Waals surface area contributed by atoms with Gasteiger partial charge >= 0.3 is 0 Å². The van der Waals surface area contributed by atoms with Crippen LogP contribution in [0.25, 0.3) is 0 Å². The minimum Gasteiger partial charge on any atom is -0.325 e. The summed E-state index contributed by atoms with van der Waals surface area (Å²) in [6.07, 6.45) is 0. The maximum absolute atomic E-state index is 12.7. The van der Waals surface area contributed by atoms with Gasteiger partial charge in [-0.1, -0.05) is 0 Å². The predicted octanol–water partition coefficient (Wildman–Crippen LogP) is 1.26. The number of anilines is 1. The maximum atomic E-state index is 12.7. The Morgan fingerprint density at radius 2 is 1.95 bits per heavy atom. The number of sulfonamides is 1. The molecule has 0 radical (unpaired) electrons. The third-order valence-corrected chi connectivity index (χ3v) is 4.52. The molecule has 8 heteroatoms. The Kier molecular flexibility index (Phi) is 5.71. The molecule has 0 heterocycles. The molecule has 5 nitrogen and oxygen atoms in total. The Labute approximate surface area is 116 Å². The molecule has 0 saturated carbocycles. The van der Waals surface area contributed by atoms with Crippen molar-refractivity contribution in [2.45, 2.75) is 0 Å². The van der Waals surface area contributed by atoms with E-state index < -0.39 is 21.7 Å². The lowest BCUT2D eigenvalue weighted by Crippen LogP contribution is -2.36. The average Bonchev–Trinajstić information content (AvgIpc) is 2.32. The Balaban J connectivity index is 2.58. The summed E-state index contributed by atoms with van der Waals surface area (Å²) in [5.41, 5.74) is 0.398. The highest BCUT2D eigenvalue weighted by atomic mass is 35.5. The molecule has 1 rings (SSSR count). The van der Waals surface area contributed by atoms with Gasteiger partial charge in [-0.15, -0.1) is 11.6 Å². The number of likely N-dealkylation sites (N-methyl/N-ethyl adjacent to an activating group) is 1. The van der Waals surface area contributed by atoms with Gasteiger partial charge in [-0.05, 0) is 24.3 Å². The van der Waals surface area contributed by atoms with E-state index in [-0.39, 0.29) is 18.2 Å². The number of amides is 1. The number of carbonyl (C=O) groups excluding carboxylic acids is 1. The first kappa shape index (κ1) is 15.9. The molecule has 1 amide bonds. The first-order valence-electron chi connectivity index (χ1n) is 5.40. The highest BCUT2D eigenvalue weighted by Crippen LogP contribution is 2.08. The van der Waals surface area contributed by atoms with Gasteiger partial charge < -0.3 is 5.32 Å². The number of carbonyl (C=O) groups is 1. The Morgan fingerprint density at radius 3 is 2.47 bits per heavy atom. The van der Waals surface area contributed by atoms with Gasteiger partial charge in [0.1, 0.15) is 5.82 Å². The predicted molar refractivity (Wildman–Crippen MR) is 72.2 cm³/mol. The fourth-order valence-corrected chi connectivity index (χ4v) is 2.69. The minimum atomic E-state index is -3.52. The number of rotatable bonds is 6. The van der Waals surface area contributed by atoms with E-state index in [1.165, 1.54) is 31.3 Å². The van der Waals surface area contributed by atoms with Crippen LogP contribution in [0.15, 0.2) is 24.3 Å². The monoisotopic (exact) mass is 308 g/mol. The molecule has 0 fully saturated rings. The Hall–Kier alpha value is -1.18. The van der Waals surface area contributed by atoms with Crippen LogP contribution in [0.4, 0.5) is 10.1 Å². The first-order valence-corrected chi connectivity index (χ1v) is 7.55. The van der Waals surface area contributed by atoms with Crippen molar-refractivity contribution in [3.63, 3.8) is 0 Å². The molecule has 0 aromatic heterocycles. The van der Waals surface area contributed by atoms with Crippen LogP contribution in [0.5, 0.6) is 0 Å². The van der Waals surface area contributed by atoms with Crippen LogP contribution in [0.2, 0.25) is 0 Å². The fraction of sp³-hybridized carbons (Fsp3) is 0.364. The van der Waals surface area contributed by atoms with E-state index in [0.717, 1.165) is 4.31 Å². The number of nitrogens with zero attached hydrogens (tertiary/aromatic N) is 1. The van der Waals surface area contributed by atoms with Gasteiger partial charge in [0, 0.05) is 18.6 Å². The molecular formula is C11H14ClFN2O3S.